The van der Waals surface area contributed by atoms with Crippen molar-refractivity contribution >= 4 is 17.7 Å². The minimum absolute atomic E-state index is 0.0262. The molecule has 1 aromatic heterocycles. The van der Waals surface area contributed by atoms with E-state index in [1.54, 1.807) is 11.8 Å². The molecular weight excluding hydrogens is 338 g/mol. The van der Waals surface area contributed by atoms with Crippen LogP contribution in [0.4, 0.5) is 0 Å². The van der Waals surface area contributed by atoms with Gasteiger partial charge in [-0.15, -0.1) is 0 Å². The number of aromatic amines is 1. The molecule has 1 N–H and O–H groups in total. The second-order valence-corrected chi connectivity index (χ2v) is 7.58. The summed E-state index contributed by atoms with van der Waals surface area (Å²) in [5.41, 5.74) is 1.58. The summed E-state index contributed by atoms with van der Waals surface area (Å²) >= 11 is 1.27. The first kappa shape index (κ1) is 17.5. The first-order chi connectivity index (χ1) is 11.9. The molecule has 1 saturated heterocycles. The maximum atomic E-state index is 12.5. The third-order valence-electron chi connectivity index (χ3n) is 3.94. The lowest BCUT2D eigenvalue weighted by molar-refractivity contribution is -0.139. The predicted molar refractivity (Wildman–Crippen MR) is 97.1 cm³/mol. The third-order valence-corrected chi connectivity index (χ3v) is 4.91. The minimum atomic E-state index is -0.315. The summed E-state index contributed by atoms with van der Waals surface area (Å²) in [6.07, 6.45) is 0.0276. The van der Waals surface area contributed by atoms with Crippen LogP contribution in [0.5, 0.6) is 5.75 Å². The highest BCUT2D eigenvalue weighted by molar-refractivity contribution is 8.00. The van der Waals surface area contributed by atoms with Gasteiger partial charge in [0, 0.05) is 11.8 Å². The van der Waals surface area contributed by atoms with Gasteiger partial charge in [-0.2, -0.15) is 0 Å². The predicted octanol–water partition coefficient (Wildman–Crippen LogP) is 2.16. The summed E-state index contributed by atoms with van der Waals surface area (Å²) in [6.45, 7) is 6.76. The SMILES string of the molecule is Cc1cccc(OC2CN(C(=O)[C@@H](C)Sc3nc(C)cc(=O)[nH]3)C2)c1. The molecular formula is C18H21N3O3S. The van der Waals surface area contributed by atoms with E-state index in [0.717, 1.165) is 11.3 Å². The largest absolute Gasteiger partial charge is 0.487 e. The van der Waals surface area contributed by atoms with Crippen LogP contribution in [0.1, 0.15) is 18.2 Å². The standard InChI is InChI=1S/C18H21N3O3S/c1-11-5-4-6-14(7-11)24-15-9-21(10-15)17(23)13(3)25-18-19-12(2)8-16(22)20-18/h4-8,13,15H,9-10H2,1-3H3,(H,19,20,22)/t13-/m1/s1. The van der Waals surface area contributed by atoms with E-state index in [0.29, 0.717) is 23.9 Å². The summed E-state index contributed by atoms with van der Waals surface area (Å²) in [6, 6.07) is 9.32. The maximum absolute atomic E-state index is 12.5. The fraction of sp³-hybridized carbons (Fsp3) is 0.389. The van der Waals surface area contributed by atoms with E-state index < -0.39 is 0 Å². The van der Waals surface area contributed by atoms with Gasteiger partial charge in [-0.25, -0.2) is 4.98 Å². The molecule has 1 aromatic carbocycles. The van der Waals surface area contributed by atoms with Gasteiger partial charge in [0.15, 0.2) is 5.16 Å². The summed E-state index contributed by atoms with van der Waals surface area (Å²) in [5.74, 6) is 0.860. The van der Waals surface area contributed by atoms with Gasteiger partial charge in [-0.1, -0.05) is 23.9 Å². The highest BCUT2D eigenvalue weighted by atomic mass is 32.2. The average Bonchev–Trinajstić information content (AvgIpc) is 2.49. The molecule has 0 radical (unpaired) electrons. The molecule has 1 fully saturated rings. The Kier molecular flexibility index (Phi) is 5.13. The number of carbonyl (C=O) groups is 1. The van der Waals surface area contributed by atoms with E-state index in [2.05, 4.69) is 9.97 Å². The Bertz CT molecular complexity index is 830. The van der Waals surface area contributed by atoms with Crippen LogP contribution in [0.15, 0.2) is 40.3 Å². The number of H-pyrrole nitrogens is 1. The molecule has 0 bridgehead atoms. The Morgan fingerprint density at radius 3 is 2.80 bits per heavy atom. The zero-order chi connectivity index (χ0) is 18.0. The molecule has 25 heavy (non-hydrogen) atoms. The second-order valence-electron chi connectivity index (χ2n) is 6.25. The molecule has 2 aromatic rings. The van der Waals surface area contributed by atoms with Gasteiger partial charge in [0.2, 0.25) is 5.91 Å². The average molecular weight is 359 g/mol. The van der Waals surface area contributed by atoms with E-state index >= 15 is 0 Å². The molecule has 2 heterocycles. The van der Waals surface area contributed by atoms with Gasteiger partial charge in [-0.3, -0.25) is 9.59 Å². The fourth-order valence-corrected chi connectivity index (χ4v) is 3.60. The first-order valence-corrected chi connectivity index (χ1v) is 9.05. The van der Waals surface area contributed by atoms with Crippen molar-refractivity contribution in [2.24, 2.45) is 0 Å². The van der Waals surface area contributed by atoms with Crippen molar-refractivity contribution < 1.29 is 9.53 Å². The van der Waals surface area contributed by atoms with Crippen LogP contribution in [-0.4, -0.2) is 45.2 Å². The van der Waals surface area contributed by atoms with Crippen LogP contribution in [-0.2, 0) is 4.79 Å². The smallest absolute Gasteiger partial charge is 0.251 e. The molecule has 1 aliphatic heterocycles. The number of carbonyl (C=O) groups excluding carboxylic acids is 1. The van der Waals surface area contributed by atoms with Crippen molar-refractivity contribution in [2.45, 2.75) is 37.3 Å². The van der Waals surface area contributed by atoms with Crippen molar-refractivity contribution in [1.82, 2.24) is 14.9 Å². The molecule has 1 atom stereocenters. The monoisotopic (exact) mass is 359 g/mol. The van der Waals surface area contributed by atoms with Crippen molar-refractivity contribution in [3.8, 4) is 5.75 Å². The lowest BCUT2D eigenvalue weighted by atomic mass is 10.1. The minimum Gasteiger partial charge on any atom is -0.487 e. The van der Waals surface area contributed by atoms with Crippen LogP contribution in [0, 0.1) is 13.8 Å². The summed E-state index contributed by atoms with van der Waals surface area (Å²) in [7, 11) is 0. The van der Waals surface area contributed by atoms with Crippen LogP contribution >= 0.6 is 11.8 Å². The quantitative estimate of drug-likeness (QED) is 0.654. The first-order valence-electron chi connectivity index (χ1n) is 8.17. The lowest BCUT2D eigenvalue weighted by Crippen LogP contribution is -2.57. The van der Waals surface area contributed by atoms with Gasteiger partial charge in [0.05, 0.1) is 18.3 Å². The Hall–Kier alpha value is -2.28. The van der Waals surface area contributed by atoms with Crippen molar-refractivity contribution in [3.63, 3.8) is 0 Å². The highest BCUT2D eigenvalue weighted by Gasteiger charge is 2.35. The number of hydrogen-bond acceptors (Lipinski definition) is 5. The summed E-state index contributed by atoms with van der Waals surface area (Å²) in [5, 5.41) is 0.156. The number of amides is 1. The Balaban J connectivity index is 1.51. The van der Waals surface area contributed by atoms with Gasteiger partial charge in [0.25, 0.3) is 5.56 Å². The number of likely N-dealkylation sites (tertiary alicyclic amines) is 1. The topological polar surface area (TPSA) is 75.3 Å². The number of nitrogens with one attached hydrogen (secondary N) is 1. The van der Waals surface area contributed by atoms with Crippen LogP contribution < -0.4 is 10.3 Å². The van der Waals surface area contributed by atoms with E-state index in [1.807, 2.05) is 38.1 Å². The van der Waals surface area contributed by atoms with Gasteiger partial charge >= 0.3 is 0 Å². The van der Waals surface area contributed by atoms with Gasteiger partial charge in [0.1, 0.15) is 11.9 Å². The number of aromatic nitrogens is 2. The van der Waals surface area contributed by atoms with Crippen LogP contribution in [0.3, 0.4) is 0 Å². The second kappa shape index (κ2) is 7.31. The molecule has 3 rings (SSSR count). The number of hydrogen-bond donors (Lipinski definition) is 1. The zero-order valence-electron chi connectivity index (χ0n) is 14.5. The van der Waals surface area contributed by atoms with E-state index in [-0.39, 0.29) is 22.8 Å². The Morgan fingerprint density at radius 1 is 1.36 bits per heavy atom. The summed E-state index contributed by atoms with van der Waals surface area (Å²) < 4.78 is 5.88. The molecule has 0 saturated carbocycles. The number of benzene rings is 1. The van der Waals surface area contributed by atoms with Crippen LogP contribution in [0.2, 0.25) is 0 Å². The molecule has 6 nitrogen and oxygen atoms in total. The van der Waals surface area contributed by atoms with Crippen LogP contribution in [0.25, 0.3) is 0 Å². The summed E-state index contributed by atoms with van der Waals surface area (Å²) in [4.78, 5) is 32.6. The number of rotatable bonds is 5. The molecule has 0 aliphatic carbocycles. The molecule has 0 unspecified atom stereocenters. The number of thioether (sulfide) groups is 1. The molecule has 7 heteroatoms. The van der Waals surface area contributed by atoms with Crippen molar-refractivity contribution in [3.05, 3.63) is 51.9 Å². The Morgan fingerprint density at radius 2 is 2.12 bits per heavy atom. The van der Waals surface area contributed by atoms with Crippen molar-refractivity contribution in [2.75, 3.05) is 13.1 Å². The Labute approximate surface area is 150 Å². The van der Waals surface area contributed by atoms with Crippen molar-refractivity contribution in [1.29, 1.82) is 0 Å². The normalized spacial score (nSPS) is 15.6. The number of ether oxygens (including phenoxy) is 1. The lowest BCUT2D eigenvalue weighted by Gasteiger charge is -2.40. The molecule has 1 aliphatic rings. The third kappa shape index (κ3) is 4.42. The zero-order valence-corrected chi connectivity index (χ0v) is 15.3. The fourth-order valence-electron chi connectivity index (χ4n) is 2.66. The maximum Gasteiger partial charge on any atom is 0.251 e. The molecule has 0 spiro atoms. The van der Waals surface area contributed by atoms with Gasteiger partial charge in [-0.05, 0) is 38.5 Å². The molecule has 1 amide bonds. The highest BCUT2D eigenvalue weighted by Crippen LogP contribution is 2.24. The number of aryl methyl sites for hydroxylation is 2. The van der Waals surface area contributed by atoms with E-state index in [4.69, 9.17) is 4.74 Å². The van der Waals surface area contributed by atoms with E-state index in [9.17, 15) is 9.59 Å². The van der Waals surface area contributed by atoms with Gasteiger partial charge < -0.3 is 14.6 Å². The number of nitrogens with zero attached hydrogens (tertiary/aromatic N) is 2. The molecule has 132 valence electrons. The van der Waals surface area contributed by atoms with E-state index in [1.165, 1.54) is 17.8 Å².